The van der Waals surface area contributed by atoms with Gasteiger partial charge in [0.25, 0.3) is 0 Å². The fourth-order valence-electron chi connectivity index (χ4n) is 1.94. The average molecular weight is 303 g/mol. The van der Waals surface area contributed by atoms with Gasteiger partial charge in [-0.25, -0.2) is 13.1 Å². The molecule has 106 valence electrons. The molecule has 1 atom stereocenters. The molecular weight excluding hydrogens is 284 g/mol. The molecule has 6 heteroatoms. The van der Waals surface area contributed by atoms with Crippen LogP contribution in [0.5, 0.6) is 0 Å². The molecular formula is C13H19ClN2O2S. The number of halogens is 1. The van der Waals surface area contributed by atoms with Gasteiger partial charge < -0.3 is 4.90 Å². The minimum absolute atomic E-state index is 0.204. The van der Waals surface area contributed by atoms with Gasteiger partial charge in [-0.3, -0.25) is 0 Å². The first-order valence-corrected chi connectivity index (χ1v) is 8.22. The molecule has 2 rings (SSSR count). The monoisotopic (exact) mass is 302 g/mol. The maximum Gasteiger partial charge on any atom is 0.215 e. The Morgan fingerprint density at radius 3 is 2.37 bits per heavy atom. The highest BCUT2D eigenvalue weighted by Crippen LogP contribution is 2.29. The minimum atomic E-state index is -3.20. The smallest absolute Gasteiger partial charge is 0.215 e. The standard InChI is InChI=1S/C13H19ClN2O2S/c1-16(2)9-13(10-3-5-11(14)6-4-10)15-19(17,18)12-7-8-12/h3-6,12-13,15H,7-9H2,1-2H3. The van der Waals surface area contributed by atoms with Crippen molar-refractivity contribution < 1.29 is 8.42 Å². The SMILES string of the molecule is CN(C)CC(NS(=O)(=O)C1CC1)c1ccc(Cl)cc1. The molecule has 0 aromatic heterocycles. The minimum Gasteiger partial charge on any atom is -0.307 e. The maximum absolute atomic E-state index is 12.1. The van der Waals surface area contributed by atoms with Crippen molar-refractivity contribution in [2.24, 2.45) is 0 Å². The first-order valence-electron chi connectivity index (χ1n) is 6.30. The number of sulfonamides is 1. The fraction of sp³-hybridized carbons (Fsp3) is 0.538. The van der Waals surface area contributed by atoms with E-state index in [4.69, 9.17) is 11.6 Å². The van der Waals surface area contributed by atoms with E-state index in [9.17, 15) is 8.42 Å². The van der Waals surface area contributed by atoms with Crippen LogP contribution in [0, 0.1) is 0 Å². The van der Waals surface area contributed by atoms with E-state index in [1.807, 2.05) is 31.1 Å². The van der Waals surface area contributed by atoms with Crippen LogP contribution in [0.1, 0.15) is 24.4 Å². The molecule has 1 N–H and O–H groups in total. The molecule has 1 unspecified atom stereocenters. The number of benzene rings is 1. The molecule has 0 aliphatic heterocycles. The lowest BCUT2D eigenvalue weighted by Crippen LogP contribution is -2.37. The van der Waals surface area contributed by atoms with E-state index in [1.165, 1.54) is 0 Å². The Balaban J connectivity index is 2.18. The van der Waals surface area contributed by atoms with Gasteiger partial charge in [-0.15, -0.1) is 0 Å². The van der Waals surface area contributed by atoms with Gasteiger partial charge in [0.15, 0.2) is 0 Å². The van der Waals surface area contributed by atoms with E-state index < -0.39 is 10.0 Å². The summed E-state index contributed by atoms with van der Waals surface area (Å²) in [5.41, 5.74) is 0.933. The summed E-state index contributed by atoms with van der Waals surface area (Å²) in [6, 6.07) is 7.06. The van der Waals surface area contributed by atoms with Gasteiger partial charge in [0.05, 0.1) is 11.3 Å². The zero-order chi connectivity index (χ0) is 14.0. The van der Waals surface area contributed by atoms with Crippen molar-refractivity contribution in [1.29, 1.82) is 0 Å². The Hall–Kier alpha value is -0.620. The summed E-state index contributed by atoms with van der Waals surface area (Å²) in [6.07, 6.45) is 1.54. The van der Waals surface area contributed by atoms with Crippen LogP contribution in [0.3, 0.4) is 0 Å². The molecule has 1 saturated carbocycles. The number of hydrogen-bond acceptors (Lipinski definition) is 3. The molecule has 0 spiro atoms. The topological polar surface area (TPSA) is 49.4 Å². The number of nitrogens with zero attached hydrogens (tertiary/aromatic N) is 1. The van der Waals surface area contributed by atoms with E-state index in [1.54, 1.807) is 12.1 Å². The largest absolute Gasteiger partial charge is 0.307 e. The van der Waals surface area contributed by atoms with Gasteiger partial charge in [-0.1, -0.05) is 23.7 Å². The van der Waals surface area contributed by atoms with Crippen LogP contribution in [-0.4, -0.2) is 39.2 Å². The second-order valence-corrected chi connectivity index (χ2v) is 7.66. The zero-order valence-electron chi connectivity index (χ0n) is 11.1. The van der Waals surface area contributed by atoms with Crippen molar-refractivity contribution in [3.63, 3.8) is 0 Å². The summed E-state index contributed by atoms with van der Waals surface area (Å²) >= 11 is 5.87. The lowest BCUT2D eigenvalue weighted by molar-refractivity contribution is 0.363. The molecule has 1 aromatic carbocycles. The number of nitrogens with one attached hydrogen (secondary N) is 1. The molecule has 0 radical (unpaired) electrons. The molecule has 0 heterocycles. The third-order valence-corrected chi connectivity index (χ3v) is 5.30. The third-order valence-electron chi connectivity index (χ3n) is 3.09. The van der Waals surface area contributed by atoms with Crippen molar-refractivity contribution in [3.8, 4) is 0 Å². The van der Waals surface area contributed by atoms with Gasteiger partial charge in [0, 0.05) is 11.6 Å². The Kier molecular flexibility index (Phi) is 4.50. The lowest BCUT2D eigenvalue weighted by Gasteiger charge is -2.22. The zero-order valence-corrected chi connectivity index (χ0v) is 12.7. The maximum atomic E-state index is 12.1. The van der Waals surface area contributed by atoms with Crippen LogP contribution in [0.25, 0.3) is 0 Å². The normalized spacial score (nSPS) is 17.7. The molecule has 1 aliphatic carbocycles. The second-order valence-electron chi connectivity index (χ2n) is 5.23. The summed E-state index contributed by atoms with van der Waals surface area (Å²) in [4.78, 5) is 1.97. The van der Waals surface area contributed by atoms with Crippen molar-refractivity contribution in [1.82, 2.24) is 9.62 Å². The predicted octanol–water partition coefficient (Wildman–Crippen LogP) is 2.02. The molecule has 1 aliphatic rings. The first-order chi connectivity index (χ1) is 8.88. The summed E-state index contributed by atoms with van der Waals surface area (Å²) in [5, 5.41) is 0.446. The molecule has 19 heavy (non-hydrogen) atoms. The molecule has 1 fully saturated rings. The predicted molar refractivity (Wildman–Crippen MR) is 77.8 cm³/mol. The van der Waals surface area contributed by atoms with Crippen molar-refractivity contribution in [2.75, 3.05) is 20.6 Å². The molecule has 0 saturated heterocycles. The lowest BCUT2D eigenvalue weighted by atomic mass is 10.1. The third kappa shape index (κ3) is 4.18. The number of rotatable bonds is 6. The molecule has 4 nitrogen and oxygen atoms in total. The van der Waals surface area contributed by atoms with E-state index in [0.29, 0.717) is 11.6 Å². The second kappa shape index (κ2) is 5.79. The van der Waals surface area contributed by atoms with Gasteiger partial charge in [0.1, 0.15) is 0 Å². The Morgan fingerprint density at radius 2 is 1.89 bits per heavy atom. The number of hydrogen-bond donors (Lipinski definition) is 1. The van der Waals surface area contributed by atoms with E-state index >= 15 is 0 Å². The summed E-state index contributed by atoms with van der Waals surface area (Å²) in [7, 11) is 0.650. The summed E-state index contributed by atoms with van der Waals surface area (Å²) in [6.45, 7) is 0.619. The highest BCUT2D eigenvalue weighted by Gasteiger charge is 2.37. The molecule has 0 amide bonds. The van der Waals surface area contributed by atoms with Crippen LogP contribution >= 0.6 is 11.6 Å². The molecule has 1 aromatic rings. The highest BCUT2D eigenvalue weighted by atomic mass is 35.5. The van der Waals surface area contributed by atoms with E-state index in [2.05, 4.69) is 4.72 Å². The number of likely N-dealkylation sites (N-methyl/N-ethyl adjacent to an activating group) is 1. The van der Waals surface area contributed by atoms with Crippen LogP contribution in [0.2, 0.25) is 5.02 Å². The highest BCUT2D eigenvalue weighted by molar-refractivity contribution is 7.90. The van der Waals surface area contributed by atoms with Crippen LogP contribution in [0.4, 0.5) is 0 Å². The van der Waals surface area contributed by atoms with E-state index in [-0.39, 0.29) is 11.3 Å². The van der Waals surface area contributed by atoms with Gasteiger partial charge >= 0.3 is 0 Å². The van der Waals surface area contributed by atoms with Crippen molar-refractivity contribution in [2.45, 2.75) is 24.1 Å². The Morgan fingerprint density at radius 1 is 1.32 bits per heavy atom. The average Bonchev–Trinajstić information content (AvgIpc) is 3.12. The quantitative estimate of drug-likeness (QED) is 0.875. The van der Waals surface area contributed by atoms with Crippen LogP contribution in [0.15, 0.2) is 24.3 Å². The van der Waals surface area contributed by atoms with Gasteiger partial charge in [-0.05, 0) is 44.6 Å². The summed E-state index contributed by atoms with van der Waals surface area (Å²) < 4.78 is 26.9. The van der Waals surface area contributed by atoms with Crippen molar-refractivity contribution in [3.05, 3.63) is 34.9 Å². The van der Waals surface area contributed by atoms with Crippen LogP contribution in [-0.2, 0) is 10.0 Å². The Labute approximate surface area is 119 Å². The summed E-state index contributed by atoms with van der Waals surface area (Å²) in [5.74, 6) is 0. The Bertz CT molecular complexity index is 524. The first kappa shape index (κ1) is 14.8. The fourth-order valence-corrected chi connectivity index (χ4v) is 3.63. The van der Waals surface area contributed by atoms with Gasteiger partial charge in [0.2, 0.25) is 10.0 Å². The molecule has 0 bridgehead atoms. The van der Waals surface area contributed by atoms with Gasteiger partial charge in [-0.2, -0.15) is 0 Å². The van der Waals surface area contributed by atoms with Crippen molar-refractivity contribution >= 4 is 21.6 Å². The van der Waals surface area contributed by atoms with E-state index in [0.717, 1.165) is 18.4 Å². The van der Waals surface area contributed by atoms with Crippen LogP contribution < -0.4 is 4.72 Å².